The van der Waals surface area contributed by atoms with E-state index < -0.39 is 0 Å². The minimum absolute atomic E-state index is 0.725. The molecule has 0 aliphatic carbocycles. The number of nitrogens with zero attached hydrogens (tertiary/aromatic N) is 2. The Labute approximate surface area is 216 Å². The van der Waals surface area contributed by atoms with E-state index in [1.54, 1.807) is 0 Å². The normalized spacial score (nSPS) is 11.5. The Morgan fingerprint density at radius 3 is 2.14 bits per heavy atom. The van der Waals surface area contributed by atoms with Crippen molar-refractivity contribution in [3.63, 3.8) is 0 Å². The summed E-state index contributed by atoms with van der Waals surface area (Å²) in [7, 11) is 0. The first-order valence-corrected chi connectivity index (χ1v) is 12.6. The summed E-state index contributed by atoms with van der Waals surface area (Å²) in [5.74, 6) is 0.725. The van der Waals surface area contributed by atoms with Crippen LogP contribution in [-0.2, 0) is 0 Å². The van der Waals surface area contributed by atoms with Gasteiger partial charge in [-0.15, -0.1) is 0 Å². The standard InChI is InChI=1S/C32H19BrN2O/c33-23-15-17-28-26(19-23)30-24(12-7-13-29(30)36-28)22-14-16-27-25(18-22)31(20-8-3-1-4-9-20)35-32(34-27)21-10-5-2-6-11-21/h1-19H. The molecule has 5 aromatic carbocycles. The van der Waals surface area contributed by atoms with Crippen molar-refractivity contribution in [2.45, 2.75) is 0 Å². The molecule has 0 amide bonds. The zero-order valence-electron chi connectivity index (χ0n) is 19.2. The summed E-state index contributed by atoms with van der Waals surface area (Å²) in [5, 5.41) is 3.22. The van der Waals surface area contributed by atoms with Crippen molar-refractivity contribution in [1.82, 2.24) is 9.97 Å². The summed E-state index contributed by atoms with van der Waals surface area (Å²) < 4.78 is 7.20. The van der Waals surface area contributed by atoms with Crippen LogP contribution in [0.25, 0.3) is 66.6 Å². The molecule has 2 heterocycles. The first-order chi connectivity index (χ1) is 17.7. The van der Waals surface area contributed by atoms with Crippen LogP contribution in [0.3, 0.4) is 0 Å². The summed E-state index contributed by atoms with van der Waals surface area (Å²) in [6.07, 6.45) is 0. The molecule has 0 fully saturated rings. The van der Waals surface area contributed by atoms with E-state index in [1.165, 1.54) is 0 Å². The Hall–Kier alpha value is -4.28. The summed E-state index contributed by atoms with van der Waals surface area (Å²) in [5.41, 5.74) is 7.88. The van der Waals surface area contributed by atoms with E-state index in [0.29, 0.717) is 0 Å². The highest BCUT2D eigenvalue weighted by Crippen LogP contribution is 2.39. The van der Waals surface area contributed by atoms with Crippen LogP contribution in [0.1, 0.15) is 0 Å². The fourth-order valence-corrected chi connectivity index (χ4v) is 5.23. The van der Waals surface area contributed by atoms with E-state index in [2.05, 4.69) is 58.4 Å². The molecule has 7 rings (SSSR count). The Kier molecular flexibility index (Phi) is 4.93. The van der Waals surface area contributed by atoms with Crippen molar-refractivity contribution in [2.24, 2.45) is 0 Å². The molecule has 0 N–H and O–H groups in total. The summed E-state index contributed by atoms with van der Waals surface area (Å²) in [4.78, 5) is 10.00. The minimum atomic E-state index is 0.725. The number of benzene rings is 5. The van der Waals surface area contributed by atoms with Crippen molar-refractivity contribution in [2.75, 3.05) is 0 Å². The Bertz CT molecular complexity index is 1890. The van der Waals surface area contributed by atoms with Crippen LogP contribution in [-0.4, -0.2) is 9.97 Å². The quantitative estimate of drug-likeness (QED) is 0.230. The van der Waals surface area contributed by atoms with Crippen LogP contribution in [0.4, 0.5) is 0 Å². The molecule has 7 aromatic rings. The zero-order chi connectivity index (χ0) is 24.1. The number of aromatic nitrogens is 2. The van der Waals surface area contributed by atoms with E-state index in [4.69, 9.17) is 14.4 Å². The predicted octanol–water partition coefficient (Wildman–Crippen LogP) is 9.29. The summed E-state index contributed by atoms with van der Waals surface area (Å²) >= 11 is 3.62. The molecular weight excluding hydrogens is 508 g/mol. The molecular formula is C32H19BrN2O. The molecule has 0 radical (unpaired) electrons. The minimum Gasteiger partial charge on any atom is -0.456 e. The Morgan fingerprint density at radius 1 is 0.556 bits per heavy atom. The van der Waals surface area contributed by atoms with E-state index in [-0.39, 0.29) is 0 Å². The van der Waals surface area contributed by atoms with Gasteiger partial charge >= 0.3 is 0 Å². The number of rotatable bonds is 3. The van der Waals surface area contributed by atoms with Gasteiger partial charge in [0.05, 0.1) is 11.2 Å². The average Bonchev–Trinajstić information content (AvgIpc) is 3.31. The first kappa shape index (κ1) is 21.0. The first-order valence-electron chi connectivity index (χ1n) is 11.8. The average molecular weight is 527 g/mol. The van der Waals surface area contributed by atoms with Gasteiger partial charge in [-0.25, -0.2) is 9.97 Å². The molecule has 36 heavy (non-hydrogen) atoms. The summed E-state index contributed by atoms with van der Waals surface area (Å²) in [6.45, 7) is 0. The van der Waals surface area contributed by atoms with E-state index in [1.807, 2.05) is 72.8 Å². The van der Waals surface area contributed by atoms with Gasteiger partial charge in [0.2, 0.25) is 0 Å². The number of furan rings is 1. The van der Waals surface area contributed by atoms with Crippen molar-refractivity contribution in [3.05, 3.63) is 120 Å². The molecule has 0 saturated carbocycles. The largest absolute Gasteiger partial charge is 0.456 e. The molecule has 170 valence electrons. The van der Waals surface area contributed by atoms with Gasteiger partial charge in [-0.3, -0.25) is 0 Å². The van der Waals surface area contributed by atoms with Gasteiger partial charge in [0.25, 0.3) is 0 Å². The predicted molar refractivity (Wildman–Crippen MR) is 151 cm³/mol. The third-order valence-corrected chi connectivity index (χ3v) is 7.04. The van der Waals surface area contributed by atoms with Gasteiger partial charge in [-0.1, -0.05) is 94.8 Å². The van der Waals surface area contributed by atoms with Crippen molar-refractivity contribution < 1.29 is 4.42 Å². The molecule has 0 bridgehead atoms. The lowest BCUT2D eigenvalue weighted by molar-refractivity contribution is 0.669. The second-order valence-electron chi connectivity index (χ2n) is 8.78. The van der Waals surface area contributed by atoms with E-state index in [0.717, 1.165) is 71.1 Å². The number of hydrogen-bond acceptors (Lipinski definition) is 3. The SMILES string of the molecule is Brc1ccc2oc3cccc(-c4ccc5nc(-c6ccccc6)nc(-c6ccccc6)c5c4)c3c2c1. The van der Waals surface area contributed by atoms with Crippen LogP contribution in [0, 0.1) is 0 Å². The Morgan fingerprint density at radius 2 is 1.33 bits per heavy atom. The second-order valence-corrected chi connectivity index (χ2v) is 9.70. The topological polar surface area (TPSA) is 38.9 Å². The fourth-order valence-electron chi connectivity index (χ4n) is 4.87. The maximum Gasteiger partial charge on any atom is 0.160 e. The molecule has 0 atom stereocenters. The van der Waals surface area contributed by atoms with Crippen LogP contribution >= 0.6 is 15.9 Å². The molecule has 3 nitrogen and oxygen atoms in total. The lowest BCUT2D eigenvalue weighted by Gasteiger charge is -2.12. The number of halogens is 1. The van der Waals surface area contributed by atoms with Gasteiger partial charge in [-0.05, 0) is 47.5 Å². The highest BCUT2D eigenvalue weighted by molar-refractivity contribution is 9.10. The molecule has 0 aliphatic rings. The third-order valence-electron chi connectivity index (χ3n) is 6.54. The maximum absolute atomic E-state index is 6.17. The molecule has 4 heteroatoms. The highest BCUT2D eigenvalue weighted by Gasteiger charge is 2.16. The lowest BCUT2D eigenvalue weighted by Crippen LogP contribution is -1.95. The van der Waals surface area contributed by atoms with Crippen molar-refractivity contribution >= 4 is 48.8 Å². The van der Waals surface area contributed by atoms with Crippen LogP contribution in [0.15, 0.2) is 124 Å². The van der Waals surface area contributed by atoms with E-state index in [9.17, 15) is 0 Å². The summed E-state index contributed by atoms with van der Waals surface area (Å²) in [6, 6.07) is 39.3. The molecule has 2 aromatic heterocycles. The highest BCUT2D eigenvalue weighted by atomic mass is 79.9. The van der Waals surface area contributed by atoms with Gasteiger partial charge in [-0.2, -0.15) is 0 Å². The smallest absolute Gasteiger partial charge is 0.160 e. The third kappa shape index (κ3) is 3.50. The molecule has 0 unspecified atom stereocenters. The van der Waals surface area contributed by atoms with Crippen LogP contribution in [0.5, 0.6) is 0 Å². The van der Waals surface area contributed by atoms with Gasteiger partial charge < -0.3 is 4.42 Å². The van der Waals surface area contributed by atoms with Gasteiger partial charge in [0.15, 0.2) is 5.82 Å². The number of hydrogen-bond donors (Lipinski definition) is 0. The van der Waals surface area contributed by atoms with Crippen molar-refractivity contribution in [3.8, 4) is 33.8 Å². The molecule has 0 spiro atoms. The van der Waals surface area contributed by atoms with Gasteiger partial charge in [0, 0.05) is 31.8 Å². The fraction of sp³-hybridized carbons (Fsp3) is 0. The molecule has 0 saturated heterocycles. The lowest BCUT2D eigenvalue weighted by atomic mass is 9.96. The Balaban J connectivity index is 1.51. The monoisotopic (exact) mass is 526 g/mol. The number of fused-ring (bicyclic) bond motifs is 4. The second kappa shape index (κ2) is 8.43. The van der Waals surface area contributed by atoms with E-state index >= 15 is 0 Å². The molecule has 0 aliphatic heterocycles. The zero-order valence-corrected chi connectivity index (χ0v) is 20.7. The van der Waals surface area contributed by atoms with Crippen LogP contribution in [0.2, 0.25) is 0 Å². The maximum atomic E-state index is 6.17. The van der Waals surface area contributed by atoms with Crippen molar-refractivity contribution in [1.29, 1.82) is 0 Å². The van der Waals surface area contributed by atoms with Crippen LogP contribution < -0.4 is 0 Å². The van der Waals surface area contributed by atoms with Gasteiger partial charge in [0.1, 0.15) is 11.2 Å².